The number of fused-ring (bicyclic) bond motifs is 5. The van der Waals surface area contributed by atoms with E-state index in [1.807, 2.05) is 13.8 Å². The third-order valence-corrected chi connectivity index (χ3v) is 7.38. The van der Waals surface area contributed by atoms with Gasteiger partial charge in [0.05, 0.1) is 35.6 Å². The third kappa shape index (κ3) is 4.60. The second-order valence-electron chi connectivity index (χ2n) is 9.79. The minimum absolute atomic E-state index is 0.141. The summed E-state index contributed by atoms with van der Waals surface area (Å²) in [7, 11) is 0. The Bertz CT molecular complexity index is 1560. The van der Waals surface area contributed by atoms with Crippen molar-refractivity contribution in [3.63, 3.8) is 0 Å². The van der Waals surface area contributed by atoms with E-state index in [2.05, 4.69) is 5.73 Å². The average molecular weight is 542 g/mol. The Kier molecular flexibility index (Phi) is 7.61. The fraction of sp³-hybridized carbons (Fsp3) is 0.429. The quantitative estimate of drug-likeness (QED) is 0.278. The Balaban J connectivity index is 0.000000307. The molecule has 0 bridgehead atoms. The van der Waals surface area contributed by atoms with Crippen LogP contribution in [-0.2, 0) is 40.3 Å². The molecule has 2 unspecified atom stereocenters. The number of esters is 1. The first-order valence-corrected chi connectivity index (χ1v) is 12.8. The van der Waals surface area contributed by atoms with E-state index >= 15 is 0 Å². The lowest BCUT2D eigenvalue weighted by molar-refractivity contribution is -0.157. The van der Waals surface area contributed by atoms with Crippen molar-refractivity contribution in [1.82, 2.24) is 9.55 Å². The van der Waals surface area contributed by atoms with Crippen molar-refractivity contribution in [3.05, 3.63) is 61.7 Å². The van der Waals surface area contributed by atoms with Gasteiger partial charge in [-0.3, -0.25) is 9.59 Å². The summed E-state index contributed by atoms with van der Waals surface area (Å²) in [4.78, 5) is 39.6. The molecule has 1 aliphatic carbocycles. The Hall–Kier alpha value is -3.67. The number of hydrogen-bond acceptors (Lipinski definition) is 8. The van der Waals surface area contributed by atoms with Crippen LogP contribution in [0.4, 0.5) is 4.39 Å². The monoisotopic (exact) mass is 541 g/mol. The molecule has 2 atom stereocenters. The first kappa shape index (κ1) is 28.3. The smallest absolute Gasteiger partial charge is 0.340 e. The molecule has 10 nitrogen and oxygen atoms in total. The first-order chi connectivity index (χ1) is 18.5. The molecule has 4 heterocycles. The van der Waals surface area contributed by atoms with E-state index in [4.69, 9.17) is 19.9 Å². The number of aliphatic hydroxyl groups is 3. The molecule has 0 fully saturated rings. The van der Waals surface area contributed by atoms with Crippen LogP contribution in [0.15, 0.2) is 16.9 Å². The standard InChI is InChI=1S/C22H17FN2O4.C4H9NO3.C2H6/c1-9-10-3-2-4-11-13-7-25-17(19(13)24-16(18(10)11)6-15(9)23)5-12-14(21(25)27)8-29-22(28)20(12)26;1-4(8,2-6)3(5)7;1-2/h5-6,20,26H,2-4,7-8H2,1H3;6,8H,2H2,1H3,(H2,5,7);1-2H3. The minimum atomic E-state index is -1.76. The number of amides is 1. The molecule has 6 rings (SSSR count). The second-order valence-corrected chi connectivity index (χ2v) is 9.79. The zero-order valence-corrected chi connectivity index (χ0v) is 22.3. The van der Waals surface area contributed by atoms with E-state index in [0.717, 1.165) is 48.3 Å². The summed E-state index contributed by atoms with van der Waals surface area (Å²) in [5.41, 5.74) is 8.73. The number of benzene rings is 1. The summed E-state index contributed by atoms with van der Waals surface area (Å²) in [6, 6.07) is 3.13. The van der Waals surface area contributed by atoms with E-state index in [9.17, 15) is 23.9 Å². The molecular formula is C28H32FN3O7. The predicted molar refractivity (Wildman–Crippen MR) is 140 cm³/mol. The van der Waals surface area contributed by atoms with Gasteiger partial charge in [0.2, 0.25) is 0 Å². The topological polar surface area (TPSA) is 165 Å². The number of aromatic nitrogens is 2. The molecule has 0 radical (unpaired) electrons. The van der Waals surface area contributed by atoms with E-state index in [1.165, 1.54) is 6.07 Å². The summed E-state index contributed by atoms with van der Waals surface area (Å²) < 4.78 is 21.1. The lowest BCUT2D eigenvalue weighted by atomic mass is 9.85. The summed E-state index contributed by atoms with van der Waals surface area (Å²) in [6.45, 7) is 6.56. The summed E-state index contributed by atoms with van der Waals surface area (Å²) in [5.74, 6) is -1.95. The number of carbonyl (C=O) groups excluding carboxylic acids is 2. The number of cyclic esters (lactones) is 1. The molecule has 0 saturated carbocycles. The molecule has 39 heavy (non-hydrogen) atoms. The van der Waals surface area contributed by atoms with E-state index in [1.54, 1.807) is 17.6 Å². The third-order valence-electron chi connectivity index (χ3n) is 7.38. The molecule has 208 valence electrons. The minimum Gasteiger partial charge on any atom is -0.458 e. The van der Waals surface area contributed by atoms with Crippen molar-refractivity contribution in [2.24, 2.45) is 5.73 Å². The van der Waals surface area contributed by atoms with Crippen molar-refractivity contribution in [3.8, 4) is 11.4 Å². The van der Waals surface area contributed by atoms with Crippen molar-refractivity contribution in [1.29, 1.82) is 0 Å². The van der Waals surface area contributed by atoms with Gasteiger partial charge in [0.15, 0.2) is 11.7 Å². The van der Waals surface area contributed by atoms with Gasteiger partial charge in [0.25, 0.3) is 11.5 Å². The molecule has 5 N–H and O–H groups in total. The Morgan fingerprint density at radius 2 is 1.87 bits per heavy atom. The maximum atomic E-state index is 14.5. The average Bonchev–Trinajstić information content (AvgIpc) is 3.30. The highest BCUT2D eigenvalue weighted by Crippen LogP contribution is 2.41. The number of primary amides is 1. The fourth-order valence-corrected chi connectivity index (χ4v) is 5.14. The van der Waals surface area contributed by atoms with Crippen molar-refractivity contribution in [2.75, 3.05) is 6.61 Å². The Morgan fingerprint density at radius 3 is 2.49 bits per heavy atom. The lowest BCUT2D eigenvalue weighted by Gasteiger charge is -2.22. The van der Waals surface area contributed by atoms with Gasteiger partial charge in [0.1, 0.15) is 12.4 Å². The zero-order valence-electron chi connectivity index (χ0n) is 22.3. The normalized spacial score (nSPS) is 17.8. The van der Waals surface area contributed by atoms with E-state index in [0.29, 0.717) is 34.6 Å². The molecule has 1 amide bonds. The molecule has 11 heteroatoms. The van der Waals surface area contributed by atoms with Crippen molar-refractivity contribution in [2.45, 2.75) is 71.8 Å². The highest BCUT2D eigenvalue weighted by Gasteiger charge is 2.35. The number of carbonyl (C=O) groups is 2. The van der Waals surface area contributed by atoms with Crippen LogP contribution in [0.25, 0.3) is 22.3 Å². The van der Waals surface area contributed by atoms with Gasteiger partial charge < -0.3 is 30.4 Å². The Morgan fingerprint density at radius 1 is 1.21 bits per heavy atom. The van der Waals surface area contributed by atoms with Gasteiger partial charge in [-0.05, 0) is 55.9 Å². The number of aliphatic hydroxyl groups excluding tert-OH is 2. The molecule has 0 spiro atoms. The summed E-state index contributed by atoms with van der Waals surface area (Å²) in [5, 5.41) is 28.1. The van der Waals surface area contributed by atoms with Crippen LogP contribution in [0, 0.1) is 12.7 Å². The number of nitrogens with zero attached hydrogens (tertiary/aromatic N) is 2. The molecule has 2 aromatic heterocycles. The van der Waals surface area contributed by atoms with E-state index in [-0.39, 0.29) is 23.5 Å². The molecule has 3 aromatic rings. The van der Waals surface area contributed by atoms with E-state index < -0.39 is 30.2 Å². The first-order valence-electron chi connectivity index (χ1n) is 12.8. The molecular weight excluding hydrogens is 509 g/mol. The van der Waals surface area contributed by atoms with Crippen LogP contribution in [0.1, 0.15) is 66.7 Å². The van der Waals surface area contributed by atoms with Gasteiger partial charge >= 0.3 is 5.97 Å². The number of pyridine rings is 2. The molecule has 1 aromatic carbocycles. The van der Waals surface area contributed by atoms with Crippen LogP contribution < -0.4 is 11.3 Å². The molecule has 0 saturated heterocycles. The number of hydrogen-bond donors (Lipinski definition) is 4. The number of rotatable bonds is 2. The number of ether oxygens (including phenoxy) is 1. The second kappa shape index (κ2) is 10.5. The SMILES string of the molecule is CC.CC(O)(CO)C(N)=O.Cc1c(F)cc2nc3c(c4c2c1CCC4)Cn1c-3cc2c(c1=O)COC(=O)C2O. The molecule has 3 aliphatic rings. The van der Waals surface area contributed by atoms with Crippen LogP contribution >= 0.6 is 0 Å². The lowest BCUT2D eigenvalue weighted by Crippen LogP contribution is -2.43. The van der Waals surface area contributed by atoms with Crippen molar-refractivity contribution >= 4 is 22.8 Å². The fourth-order valence-electron chi connectivity index (χ4n) is 5.14. The summed E-state index contributed by atoms with van der Waals surface area (Å²) in [6.07, 6.45) is 1.12. The maximum absolute atomic E-state index is 14.5. The van der Waals surface area contributed by atoms with Gasteiger partial charge in [0, 0.05) is 22.6 Å². The molecule has 2 aliphatic heterocycles. The highest BCUT2D eigenvalue weighted by molar-refractivity contribution is 5.92. The van der Waals surface area contributed by atoms with Crippen LogP contribution in [0.5, 0.6) is 0 Å². The predicted octanol–water partition coefficient (Wildman–Crippen LogP) is 1.69. The van der Waals surface area contributed by atoms with Crippen LogP contribution in [0.2, 0.25) is 0 Å². The van der Waals surface area contributed by atoms with Crippen LogP contribution in [-0.4, -0.2) is 49.0 Å². The van der Waals surface area contributed by atoms with Gasteiger partial charge in [-0.15, -0.1) is 0 Å². The number of nitrogens with two attached hydrogens (primary N) is 1. The zero-order chi connectivity index (χ0) is 28.8. The summed E-state index contributed by atoms with van der Waals surface area (Å²) >= 11 is 0. The highest BCUT2D eigenvalue weighted by atomic mass is 19.1. The van der Waals surface area contributed by atoms with Crippen LogP contribution in [0.3, 0.4) is 0 Å². The largest absolute Gasteiger partial charge is 0.458 e. The Labute approximate surface area is 223 Å². The van der Waals surface area contributed by atoms with Gasteiger partial charge in [-0.2, -0.15) is 0 Å². The maximum Gasteiger partial charge on any atom is 0.340 e. The number of aryl methyl sites for hydroxylation is 2. The van der Waals surface area contributed by atoms with Crippen molar-refractivity contribution < 1.29 is 34.0 Å². The van der Waals surface area contributed by atoms with Gasteiger partial charge in [-0.25, -0.2) is 14.2 Å². The number of halogens is 1. The van der Waals surface area contributed by atoms with Gasteiger partial charge in [-0.1, -0.05) is 13.8 Å².